The number of esters is 1. The van der Waals surface area contributed by atoms with Crippen LogP contribution in [0.25, 0.3) is 0 Å². The number of ether oxygens (including phenoxy) is 2. The molecular weight excluding hydrogens is 350 g/mol. The van der Waals surface area contributed by atoms with Crippen LogP contribution in [0, 0.1) is 17.6 Å². The molecule has 2 atom stereocenters. The average molecular weight is 366 g/mol. The highest BCUT2D eigenvalue weighted by Gasteiger charge is 2.59. The number of amides is 1. The van der Waals surface area contributed by atoms with Gasteiger partial charge in [-0.05, 0) is 24.6 Å². The van der Waals surface area contributed by atoms with Gasteiger partial charge < -0.3 is 19.6 Å². The van der Waals surface area contributed by atoms with Gasteiger partial charge in [-0.25, -0.2) is 8.78 Å². The molecule has 1 amide bonds. The van der Waals surface area contributed by atoms with E-state index in [2.05, 4.69) is 15.2 Å². The zero-order valence-corrected chi connectivity index (χ0v) is 13.8. The van der Waals surface area contributed by atoms with Gasteiger partial charge in [0.1, 0.15) is 23.3 Å². The summed E-state index contributed by atoms with van der Waals surface area (Å²) in [6.07, 6.45) is 3.33. The third kappa shape index (κ3) is 3.24. The van der Waals surface area contributed by atoms with Gasteiger partial charge in [0.25, 0.3) is 0 Å². The van der Waals surface area contributed by atoms with Crippen LogP contribution in [0.3, 0.4) is 0 Å². The molecule has 0 saturated carbocycles. The van der Waals surface area contributed by atoms with Gasteiger partial charge in [0.15, 0.2) is 0 Å². The van der Waals surface area contributed by atoms with Crippen molar-refractivity contribution in [2.75, 3.05) is 13.7 Å². The first-order valence-electron chi connectivity index (χ1n) is 7.88. The number of hydrogen-bond acceptors (Lipinski definition) is 6. The first kappa shape index (κ1) is 17.8. The van der Waals surface area contributed by atoms with Gasteiger partial charge >= 0.3 is 17.7 Å². The van der Waals surface area contributed by atoms with E-state index in [1.807, 2.05) is 0 Å². The lowest BCUT2D eigenvalue weighted by Crippen LogP contribution is -2.51. The molecule has 0 aromatic heterocycles. The third-order valence-electron chi connectivity index (χ3n) is 4.04. The Balaban J connectivity index is 1.69. The van der Waals surface area contributed by atoms with Gasteiger partial charge in [-0.1, -0.05) is 5.16 Å². The third-order valence-corrected chi connectivity index (χ3v) is 4.04. The molecule has 2 aliphatic rings. The van der Waals surface area contributed by atoms with E-state index in [1.54, 1.807) is 0 Å². The monoisotopic (exact) mass is 366 g/mol. The van der Waals surface area contributed by atoms with Gasteiger partial charge in [-0.2, -0.15) is 0 Å². The normalized spacial score (nSPS) is 22.9. The van der Waals surface area contributed by atoms with Gasteiger partial charge in [-0.15, -0.1) is 0 Å². The molecule has 2 unspecified atom stereocenters. The molecule has 9 heteroatoms. The smallest absolute Gasteiger partial charge is 0.366 e. The molecule has 138 valence electrons. The molecule has 1 N–H and O–H groups in total. The maximum Gasteiger partial charge on any atom is 0.366 e. The van der Waals surface area contributed by atoms with E-state index in [1.165, 1.54) is 19.4 Å². The van der Waals surface area contributed by atoms with Gasteiger partial charge in [0.2, 0.25) is 0 Å². The number of benzene rings is 1. The number of halogens is 2. The predicted octanol–water partition coefficient (Wildman–Crippen LogP) is 1.62. The molecule has 0 radical (unpaired) electrons. The van der Waals surface area contributed by atoms with E-state index < -0.39 is 29.2 Å². The van der Waals surface area contributed by atoms with Gasteiger partial charge in [0, 0.05) is 24.6 Å². The van der Waals surface area contributed by atoms with Gasteiger partial charge in [-0.3, -0.25) is 9.59 Å². The molecule has 2 aliphatic heterocycles. The molecule has 0 saturated heterocycles. The zero-order chi connectivity index (χ0) is 18.7. The summed E-state index contributed by atoms with van der Waals surface area (Å²) in [6.45, 7) is 0.194. The van der Waals surface area contributed by atoms with Crippen LogP contribution in [0.15, 0.2) is 35.7 Å². The van der Waals surface area contributed by atoms with Crippen LogP contribution >= 0.6 is 0 Å². The number of oxime groups is 1. The fraction of sp³-hybridized carbons (Fsp3) is 0.353. The van der Waals surface area contributed by atoms with Gasteiger partial charge in [0.05, 0.1) is 13.4 Å². The summed E-state index contributed by atoms with van der Waals surface area (Å²) in [5.41, 5.74) is 0.338. The summed E-state index contributed by atoms with van der Waals surface area (Å²) in [4.78, 5) is 28.8. The number of rotatable bonds is 6. The van der Waals surface area contributed by atoms with Crippen LogP contribution in [0.5, 0.6) is 0 Å². The number of nitrogens with one attached hydrogen (secondary N) is 1. The second-order valence-corrected chi connectivity index (χ2v) is 5.75. The van der Waals surface area contributed by atoms with Crippen LogP contribution in [-0.2, 0) is 23.9 Å². The number of fused-ring (bicyclic) bond motifs is 1. The van der Waals surface area contributed by atoms with Crippen molar-refractivity contribution in [3.63, 3.8) is 0 Å². The number of nitrogens with zero attached hydrogens (tertiary/aromatic N) is 1. The SMILES string of the molecule is COC(=O)CCCNC(=O)C12OC=CC1C(c1cc(F)cc(F)c1)=NO2. The Kier molecular flexibility index (Phi) is 4.88. The second-order valence-electron chi connectivity index (χ2n) is 5.75. The minimum Gasteiger partial charge on any atom is -0.469 e. The molecule has 0 spiro atoms. The Morgan fingerprint density at radius 3 is 2.73 bits per heavy atom. The standard InChI is InChI=1S/C17H16F2N2O5/c1-24-14(22)3-2-5-20-16(23)17-13(4-6-25-17)15(21-26-17)10-7-11(18)9-12(19)8-10/h4,6-9,13H,2-3,5H2,1H3,(H,20,23). The minimum atomic E-state index is -1.76. The number of carbonyl (C=O) groups is 2. The molecule has 3 rings (SSSR count). The summed E-state index contributed by atoms with van der Waals surface area (Å²) >= 11 is 0. The maximum atomic E-state index is 13.5. The van der Waals surface area contributed by atoms with Crippen LogP contribution in [0.2, 0.25) is 0 Å². The Hall–Kier alpha value is -2.97. The predicted molar refractivity (Wildman–Crippen MR) is 84.7 cm³/mol. The second kappa shape index (κ2) is 7.11. The fourth-order valence-corrected chi connectivity index (χ4v) is 2.77. The topological polar surface area (TPSA) is 86.2 Å². The molecule has 0 aliphatic carbocycles. The van der Waals surface area contributed by atoms with E-state index in [0.29, 0.717) is 6.42 Å². The van der Waals surface area contributed by atoms with Crippen LogP contribution in [0.4, 0.5) is 8.78 Å². The number of hydrogen-bond donors (Lipinski definition) is 1. The Labute approximate surface area is 147 Å². The molecule has 0 bridgehead atoms. The van der Waals surface area contributed by atoms with Crippen molar-refractivity contribution in [2.45, 2.75) is 18.6 Å². The molecule has 2 heterocycles. The van der Waals surface area contributed by atoms with E-state index in [4.69, 9.17) is 9.57 Å². The first-order valence-corrected chi connectivity index (χ1v) is 7.88. The maximum absolute atomic E-state index is 13.5. The van der Waals surface area contributed by atoms with Crippen LogP contribution < -0.4 is 5.32 Å². The molecular formula is C17H16F2N2O5. The van der Waals surface area contributed by atoms with Crippen molar-refractivity contribution in [2.24, 2.45) is 11.1 Å². The lowest BCUT2D eigenvalue weighted by molar-refractivity contribution is -0.201. The Morgan fingerprint density at radius 2 is 2.04 bits per heavy atom. The Morgan fingerprint density at radius 1 is 1.31 bits per heavy atom. The fourth-order valence-electron chi connectivity index (χ4n) is 2.77. The zero-order valence-electron chi connectivity index (χ0n) is 13.8. The highest BCUT2D eigenvalue weighted by atomic mass is 19.1. The number of carbonyl (C=O) groups excluding carboxylic acids is 2. The Bertz CT molecular complexity index is 775. The quantitative estimate of drug-likeness (QED) is 0.611. The van der Waals surface area contributed by atoms with Crippen molar-refractivity contribution in [1.29, 1.82) is 0 Å². The largest absolute Gasteiger partial charge is 0.469 e. The summed E-state index contributed by atoms with van der Waals surface area (Å²) in [7, 11) is 1.28. The van der Waals surface area contributed by atoms with E-state index in [0.717, 1.165) is 18.2 Å². The lowest BCUT2D eigenvalue weighted by Gasteiger charge is -2.24. The van der Waals surface area contributed by atoms with Crippen molar-refractivity contribution in [3.8, 4) is 0 Å². The van der Waals surface area contributed by atoms with E-state index in [-0.39, 0.29) is 30.2 Å². The molecule has 26 heavy (non-hydrogen) atoms. The summed E-state index contributed by atoms with van der Waals surface area (Å²) in [5, 5.41) is 6.41. The van der Waals surface area contributed by atoms with Crippen molar-refractivity contribution in [3.05, 3.63) is 47.7 Å². The highest BCUT2D eigenvalue weighted by Crippen LogP contribution is 2.39. The molecule has 1 aromatic rings. The summed E-state index contributed by atoms with van der Waals surface area (Å²) in [6, 6.07) is 2.94. The van der Waals surface area contributed by atoms with Crippen molar-refractivity contribution < 1.29 is 32.7 Å². The summed E-state index contributed by atoms with van der Waals surface area (Å²) in [5.74, 6) is -5.04. The molecule has 0 fully saturated rings. The highest BCUT2D eigenvalue weighted by molar-refractivity contribution is 6.08. The molecule has 7 nitrogen and oxygen atoms in total. The van der Waals surface area contributed by atoms with Crippen LogP contribution in [0.1, 0.15) is 18.4 Å². The first-order chi connectivity index (χ1) is 12.5. The van der Waals surface area contributed by atoms with Crippen molar-refractivity contribution in [1.82, 2.24) is 5.32 Å². The van der Waals surface area contributed by atoms with E-state index >= 15 is 0 Å². The summed E-state index contributed by atoms with van der Waals surface area (Å²) < 4.78 is 36.8. The lowest BCUT2D eigenvalue weighted by atomic mass is 9.90. The molecule has 1 aromatic carbocycles. The minimum absolute atomic E-state index is 0.150. The number of methoxy groups -OCH3 is 1. The van der Waals surface area contributed by atoms with Crippen LogP contribution in [-0.4, -0.2) is 37.0 Å². The van der Waals surface area contributed by atoms with Crippen molar-refractivity contribution >= 4 is 17.6 Å². The average Bonchev–Trinajstić information content (AvgIpc) is 3.17. The van der Waals surface area contributed by atoms with E-state index in [9.17, 15) is 18.4 Å².